The van der Waals surface area contributed by atoms with Gasteiger partial charge >= 0.3 is 0 Å². The van der Waals surface area contributed by atoms with Crippen LogP contribution >= 0.6 is 0 Å². The van der Waals surface area contributed by atoms with Crippen molar-refractivity contribution in [1.29, 1.82) is 0 Å². The van der Waals surface area contributed by atoms with E-state index in [4.69, 9.17) is 0 Å². The first-order chi connectivity index (χ1) is 9.86. The molecule has 1 aromatic carbocycles. The SMILES string of the molecule is CC(C)(C)C[C@]1(c2cccc(O)c2)CCN(CC2CC2)C1. The van der Waals surface area contributed by atoms with Gasteiger partial charge < -0.3 is 10.0 Å². The van der Waals surface area contributed by atoms with Crippen LogP contribution in [-0.4, -0.2) is 29.6 Å². The van der Waals surface area contributed by atoms with Crippen LogP contribution in [0.1, 0.15) is 52.0 Å². The predicted octanol–water partition coefficient (Wildman–Crippen LogP) is 4.18. The number of aromatic hydroxyl groups is 1. The second-order valence-corrected chi connectivity index (χ2v) is 8.50. The third kappa shape index (κ3) is 3.60. The molecule has 0 aromatic heterocycles. The molecule has 0 unspecified atom stereocenters. The second kappa shape index (κ2) is 5.31. The first-order valence-electron chi connectivity index (χ1n) is 8.38. The number of nitrogens with zero attached hydrogens (tertiary/aromatic N) is 1. The minimum atomic E-state index is 0.214. The van der Waals surface area contributed by atoms with Gasteiger partial charge in [0.05, 0.1) is 0 Å². The van der Waals surface area contributed by atoms with Gasteiger partial charge in [0, 0.05) is 18.5 Å². The molecule has 2 nitrogen and oxygen atoms in total. The highest BCUT2D eigenvalue weighted by Gasteiger charge is 2.43. The van der Waals surface area contributed by atoms with Gasteiger partial charge in [-0.15, -0.1) is 0 Å². The Labute approximate surface area is 129 Å². The summed E-state index contributed by atoms with van der Waals surface area (Å²) in [5, 5.41) is 9.89. The zero-order valence-corrected chi connectivity index (χ0v) is 13.7. The van der Waals surface area contributed by atoms with E-state index in [0.29, 0.717) is 11.2 Å². The number of benzene rings is 1. The Bertz CT molecular complexity index is 501. The van der Waals surface area contributed by atoms with Crippen molar-refractivity contribution >= 4 is 0 Å². The van der Waals surface area contributed by atoms with Gasteiger partial charge in [0.1, 0.15) is 5.75 Å². The highest BCUT2D eigenvalue weighted by Crippen LogP contribution is 2.45. The maximum Gasteiger partial charge on any atom is 0.115 e. The summed E-state index contributed by atoms with van der Waals surface area (Å²) in [7, 11) is 0. The van der Waals surface area contributed by atoms with Gasteiger partial charge in [-0.1, -0.05) is 32.9 Å². The normalized spacial score (nSPS) is 27.2. The molecular formula is C19H29NO. The summed E-state index contributed by atoms with van der Waals surface area (Å²) in [5.74, 6) is 1.36. The lowest BCUT2D eigenvalue weighted by Gasteiger charge is -2.36. The van der Waals surface area contributed by atoms with Gasteiger partial charge in [0.2, 0.25) is 0 Å². The molecule has 2 heteroatoms. The predicted molar refractivity (Wildman–Crippen MR) is 87.6 cm³/mol. The molecule has 1 N–H and O–H groups in total. The molecule has 1 saturated heterocycles. The van der Waals surface area contributed by atoms with E-state index < -0.39 is 0 Å². The Kier molecular flexibility index (Phi) is 3.77. The Hall–Kier alpha value is -1.02. The highest BCUT2D eigenvalue weighted by atomic mass is 16.3. The fraction of sp³-hybridized carbons (Fsp3) is 0.684. The quantitative estimate of drug-likeness (QED) is 0.898. The van der Waals surface area contributed by atoms with E-state index in [1.54, 1.807) is 6.07 Å². The summed E-state index contributed by atoms with van der Waals surface area (Å²) in [6, 6.07) is 7.99. The molecule has 116 valence electrons. The van der Waals surface area contributed by atoms with Crippen LogP contribution in [0.4, 0.5) is 0 Å². The molecule has 1 atom stereocenters. The summed E-state index contributed by atoms with van der Waals surface area (Å²) < 4.78 is 0. The molecule has 1 aromatic rings. The zero-order chi connectivity index (χ0) is 15.1. The molecular weight excluding hydrogens is 258 g/mol. The van der Waals surface area contributed by atoms with Crippen LogP contribution < -0.4 is 0 Å². The molecule has 1 saturated carbocycles. The summed E-state index contributed by atoms with van der Waals surface area (Å²) in [5.41, 5.74) is 1.85. The van der Waals surface area contributed by atoms with E-state index in [9.17, 15) is 5.11 Å². The van der Waals surface area contributed by atoms with Crippen LogP contribution in [0.3, 0.4) is 0 Å². The summed E-state index contributed by atoms with van der Waals surface area (Å²) in [6.07, 6.45) is 5.26. The number of phenols is 1. The topological polar surface area (TPSA) is 23.5 Å². The number of hydrogen-bond donors (Lipinski definition) is 1. The lowest BCUT2D eigenvalue weighted by molar-refractivity contribution is 0.234. The molecule has 2 aliphatic rings. The third-order valence-corrected chi connectivity index (χ3v) is 4.97. The van der Waals surface area contributed by atoms with Crippen molar-refractivity contribution in [1.82, 2.24) is 4.90 Å². The van der Waals surface area contributed by atoms with E-state index in [2.05, 4.69) is 31.7 Å². The Morgan fingerprint density at radius 2 is 2.05 bits per heavy atom. The lowest BCUT2D eigenvalue weighted by atomic mass is 9.69. The van der Waals surface area contributed by atoms with Crippen LogP contribution in [0, 0.1) is 11.3 Å². The molecule has 3 rings (SSSR count). The largest absolute Gasteiger partial charge is 0.508 e. The number of phenolic OH excluding ortho intramolecular Hbond substituents is 1. The van der Waals surface area contributed by atoms with Crippen molar-refractivity contribution in [2.45, 2.75) is 51.9 Å². The summed E-state index contributed by atoms with van der Waals surface area (Å²) in [4.78, 5) is 2.66. The zero-order valence-electron chi connectivity index (χ0n) is 13.7. The minimum absolute atomic E-state index is 0.214. The van der Waals surface area contributed by atoms with Crippen molar-refractivity contribution in [2.24, 2.45) is 11.3 Å². The molecule has 1 heterocycles. The van der Waals surface area contributed by atoms with Gasteiger partial charge in [-0.3, -0.25) is 0 Å². The average molecular weight is 287 g/mol. The molecule has 0 bridgehead atoms. The van der Waals surface area contributed by atoms with Crippen LogP contribution in [0.15, 0.2) is 24.3 Å². The van der Waals surface area contributed by atoms with E-state index in [1.165, 1.54) is 44.3 Å². The maximum atomic E-state index is 9.89. The van der Waals surface area contributed by atoms with E-state index >= 15 is 0 Å². The third-order valence-electron chi connectivity index (χ3n) is 4.97. The number of likely N-dealkylation sites (tertiary alicyclic amines) is 1. The van der Waals surface area contributed by atoms with Crippen LogP contribution in [0.5, 0.6) is 5.75 Å². The van der Waals surface area contributed by atoms with Gasteiger partial charge in [-0.05, 0) is 61.3 Å². The smallest absolute Gasteiger partial charge is 0.115 e. The monoisotopic (exact) mass is 287 g/mol. The molecule has 1 aliphatic carbocycles. The summed E-state index contributed by atoms with van der Waals surface area (Å²) >= 11 is 0. The number of hydrogen-bond acceptors (Lipinski definition) is 2. The van der Waals surface area contributed by atoms with Gasteiger partial charge in [0.25, 0.3) is 0 Å². The summed E-state index contributed by atoms with van der Waals surface area (Å²) in [6.45, 7) is 10.7. The average Bonchev–Trinajstić information content (AvgIpc) is 3.09. The molecule has 21 heavy (non-hydrogen) atoms. The van der Waals surface area contributed by atoms with Crippen molar-refractivity contribution in [3.05, 3.63) is 29.8 Å². The van der Waals surface area contributed by atoms with Crippen LogP contribution in [0.25, 0.3) is 0 Å². The highest BCUT2D eigenvalue weighted by molar-refractivity contribution is 5.35. The van der Waals surface area contributed by atoms with Crippen LogP contribution in [0.2, 0.25) is 0 Å². The fourth-order valence-electron chi connectivity index (χ4n) is 4.11. The van der Waals surface area contributed by atoms with E-state index in [1.807, 2.05) is 12.1 Å². The minimum Gasteiger partial charge on any atom is -0.508 e. The van der Waals surface area contributed by atoms with Crippen molar-refractivity contribution < 1.29 is 5.11 Å². The second-order valence-electron chi connectivity index (χ2n) is 8.50. The molecule has 0 spiro atoms. The maximum absolute atomic E-state index is 9.89. The molecule has 0 amide bonds. The van der Waals surface area contributed by atoms with Crippen molar-refractivity contribution in [3.8, 4) is 5.75 Å². The fourth-order valence-corrected chi connectivity index (χ4v) is 4.11. The van der Waals surface area contributed by atoms with Gasteiger partial charge in [-0.2, -0.15) is 0 Å². The Balaban J connectivity index is 1.84. The van der Waals surface area contributed by atoms with Crippen molar-refractivity contribution in [2.75, 3.05) is 19.6 Å². The Morgan fingerprint density at radius 3 is 2.67 bits per heavy atom. The first kappa shape index (κ1) is 14.9. The molecule has 0 radical (unpaired) electrons. The molecule has 1 aliphatic heterocycles. The van der Waals surface area contributed by atoms with E-state index in [0.717, 1.165) is 12.5 Å². The van der Waals surface area contributed by atoms with Crippen LogP contribution in [-0.2, 0) is 5.41 Å². The van der Waals surface area contributed by atoms with E-state index in [-0.39, 0.29) is 5.41 Å². The van der Waals surface area contributed by atoms with Gasteiger partial charge in [-0.25, -0.2) is 0 Å². The first-order valence-corrected chi connectivity index (χ1v) is 8.38. The van der Waals surface area contributed by atoms with Crippen molar-refractivity contribution in [3.63, 3.8) is 0 Å². The lowest BCUT2D eigenvalue weighted by Crippen LogP contribution is -2.35. The van der Waals surface area contributed by atoms with Gasteiger partial charge in [0.15, 0.2) is 0 Å². The number of rotatable bonds is 4. The Morgan fingerprint density at radius 1 is 1.29 bits per heavy atom. The standard InChI is InChI=1S/C19H29NO/c1-18(2,3)13-19(16-5-4-6-17(21)11-16)9-10-20(14-19)12-15-7-8-15/h4-6,11,15,21H,7-10,12-14H2,1-3H3/t19-/m1/s1. The molecule has 2 fully saturated rings.